The number of aromatic amines is 2. The largest absolute Gasteiger partial charge is 0.388 e. The zero-order chi connectivity index (χ0) is 15.1. The number of H-pyrrole nitrogens is 2. The number of imidazole rings is 1. The molecule has 0 bridgehead atoms. The van der Waals surface area contributed by atoms with Crippen LogP contribution in [0.25, 0.3) is 11.2 Å². The van der Waals surface area contributed by atoms with E-state index >= 15 is 0 Å². The molecule has 5 atom stereocenters. The second-order valence-electron chi connectivity index (χ2n) is 4.58. The molecule has 1 aliphatic heterocycles. The average molecular weight is 299 g/mol. The van der Waals surface area contributed by atoms with E-state index in [0.29, 0.717) is 0 Å². The zero-order valence-electron chi connectivity index (χ0n) is 10.5. The molecule has 0 amide bonds. The van der Waals surface area contributed by atoms with Crippen molar-refractivity contribution in [1.82, 2.24) is 19.9 Å². The fraction of sp³-hybridized carbons (Fsp3) is 0.500. The van der Waals surface area contributed by atoms with Gasteiger partial charge in [0.05, 0.1) is 6.33 Å². The first-order valence-corrected chi connectivity index (χ1v) is 6.05. The van der Waals surface area contributed by atoms with Gasteiger partial charge in [0.25, 0.3) is 5.56 Å². The van der Waals surface area contributed by atoms with E-state index in [1.807, 2.05) is 0 Å². The van der Waals surface area contributed by atoms with E-state index < -0.39 is 36.4 Å². The molecule has 3 rings (SSSR count). The molecule has 11 nitrogen and oxygen atoms in total. The Kier molecular flexibility index (Phi) is 3.35. The Balaban J connectivity index is 1.87. The highest BCUT2D eigenvalue weighted by molar-refractivity contribution is 5.71. The van der Waals surface area contributed by atoms with Crippen LogP contribution in [-0.4, -0.2) is 71.2 Å². The number of hydrogen-bond acceptors (Lipinski definition) is 9. The van der Waals surface area contributed by atoms with Crippen LogP contribution in [0.4, 0.5) is 5.95 Å². The van der Waals surface area contributed by atoms with Gasteiger partial charge in [-0.1, -0.05) is 0 Å². The average Bonchev–Trinajstić information content (AvgIpc) is 2.85. The van der Waals surface area contributed by atoms with Gasteiger partial charge in [0.1, 0.15) is 18.2 Å². The summed E-state index contributed by atoms with van der Waals surface area (Å²) < 4.78 is 4.66. The van der Waals surface area contributed by atoms with Crippen molar-refractivity contribution in [3.63, 3.8) is 0 Å². The van der Waals surface area contributed by atoms with E-state index in [1.165, 1.54) is 6.33 Å². The molecule has 1 saturated heterocycles. The molecule has 2 aromatic rings. The first-order chi connectivity index (χ1) is 9.97. The Bertz CT molecular complexity index is 701. The summed E-state index contributed by atoms with van der Waals surface area (Å²) in [4.78, 5) is 24.3. The van der Waals surface area contributed by atoms with Crippen LogP contribution in [0.5, 0.6) is 0 Å². The maximum absolute atomic E-state index is 11.5. The van der Waals surface area contributed by atoms with Crippen LogP contribution >= 0.6 is 0 Å². The van der Waals surface area contributed by atoms with E-state index in [2.05, 4.69) is 30.0 Å². The van der Waals surface area contributed by atoms with Crippen molar-refractivity contribution in [3.05, 3.63) is 16.7 Å². The molecule has 21 heavy (non-hydrogen) atoms. The summed E-state index contributed by atoms with van der Waals surface area (Å²) in [7, 11) is 0. The van der Waals surface area contributed by atoms with Crippen LogP contribution < -0.4 is 10.9 Å². The maximum atomic E-state index is 11.5. The summed E-state index contributed by atoms with van der Waals surface area (Å²) in [5.41, 5.74) is -0.180. The lowest BCUT2D eigenvalue weighted by molar-refractivity contribution is -0.297. The zero-order valence-corrected chi connectivity index (χ0v) is 10.5. The van der Waals surface area contributed by atoms with Crippen molar-refractivity contribution >= 4 is 17.1 Å². The van der Waals surface area contributed by atoms with Gasteiger partial charge in [0.2, 0.25) is 5.95 Å². The standard InChI is InChI=1S/C10H13N5O6/c16-4-2(8(19)21-9(20)5(4)17)13-10-14-3-6(15-10)11-1-12-7(3)18/h1-2,4-5,8-9,16-17,19-20H,(H3,11,12,13,14,15,18)/t2-,4+,5-,8+,9-/m0/s1. The van der Waals surface area contributed by atoms with Crippen molar-refractivity contribution in [2.45, 2.75) is 30.8 Å². The van der Waals surface area contributed by atoms with Crippen LogP contribution in [0, 0.1) is 0 Å². The molecule has 0 aliphatic carbocycles. The fourth-order valence-electron chi connectivity index (χ4n) is 2.08. The number of aromatic nitrogens is 4. The van der Waals surface area contributed by atoms with Gasteiger partial charge in [0, 0.05) is 0 Å². The van der Waals surface area contributed by atoms with E-state index in [9.17, 15) is 25.2 Å². The third kappa shape index (κ3) is 2.36. The van der Waals surface area contributed by atoms with E-state index in [0.717, 1.165) is 0 Å². The molecule has 114 valence electrons. The fourth-order valence-corrected chi connectivity index (χ4v) is 2.08. The number of nitrogens with one attached hydrogen (secondary N) is 3. The third-order valence-electron chi connectivity index (χ3n) is 3.19. The summed E-state index contributed by atoms with van der Waals surface area (Å²) in [6, 6.07) is -1.16. The molecule has 11 heteroatoms. The van der Waals surface area contributed by atoms with Gasteiger partial charge in [0.15, 0.2) is 23.7 Å². The number of aliphatic hydroxyl groups is 4. The first-order valence-electron chi connectivity index (χ1n) is 6.05. The predicted molar refractivity (Wildman–Crippen MR) is 67.0 cm³/mol. The van der Waals surface area contributed by atoms with Crippen molar-refractivity contribution in [1.29, 1.82) is 0 Å². The van der Waals surface area contributed by atoms with Gasteiger partial charge >= 0.3 is 0 Å². The molecule has 1 aliphatic rings. The lowest BCUT2D eigenvalue weighted by atomic mass is 10.0. The molecule has 0 aromatic carbocycles. The van der Waals surface area contributed by atoms with Gasteiger partial charge in [-0.3, -0.25) is 4.79 Å². The van der Waals surface area contributed by atoms with E-state index in [1.54, 1.807) is 0 Å². The number of anilines is 1. The predicted octanol–water partition coefficient (Wildman–Crippen LogP) is -3.18. The topological polar surface area (TPSA) is 177 Å². The number of rotatable bonds is 2. The number of nitrogens with zero attached hydrogens (tertiary/aromatic N) is 2. The van der Waals surface area contributed by atoms with Crippen molar-refractivity contribution < 1.29 is 25.2 Å². The second kappa shape index (κ2) is 5.05. The smallest absolute Gasteiger partial charge is 0.276 e. The van der Waals surface area contributed by atoms with Gasteiger partial charge in [-0.2, -0.15) is 4.98 Å². The molecule has 2 aromatic heterocycles. The number of aliphatic hydroxyl groups excluding tert-OH is 4. The Morgan fingerprint density at radius 1 is 1.19 bits per heavy atom. The van der Waals surface area contributed by atoms with Gasteiger partial charge in [-0.05, 0) is 0 Å². The number of hydrogen-bond donors (Lipinski definition) is 7. The summed E-state index contributed by atoms with van der Waals surface area (Å²) in [6.45, 7) is 0. The molecule has 1 fully saturated rings. The Morgan fingerprint density at radius 3 is 2.67 bits per heavy atom. The number of fused-ring (bicyclic) bond motifs is 1. The van der Waals surface area contributed by atoms with Crippen molar-refractivity contribution in [2.75, 3.05) is 5.32 Å². The first kappa shape index (κ1) is 13.9. The van der Waals surface area contributed by atoms with E-state index in [4.69, 9.17) is 0 Å². The lowest BCUT2D eigenvalue weighted by Crippen LogP contribution is -2.60. The van der Waals surface area contributed by atoms with Crippen LogP contribution in [0.1, 0.15) is 0 Å². The molecule has 0 saturated carbocycles. The molecule has 3 heterocycles. The third-order valence-corrected chi connectivity index (χ3v) is 3.19. The SMILES string of the molecule is O=c1[nH]cnc2nc(N[C@H]3[C@@H](O)[C@H](O)[C@@H](O)O[C@H]3O)[nH]c12. The highest BCUT2D eigenvalue weighted by atomic mass is 16.7. The minimum Gasteiger partial charge on any atom is -0.388 e. The highest BCUT2D eigenvalue weighted by Gasteiger charge is 2.43. The summed E-state index contributed by atoms with van der Waals surface area (Å²) in [5, 5.41) is 40.9. The van der Waals surface area contributed by atoms with Gasteiger partial charge < -0.3 is 40.4 Å². The minimum absolute atomic E-state index is 0.0458. The molecular formula is C10H13N5O6. The Hall–Kier alpha value is -2.05. The molecule has 0 unspecified atom stereocenters. The maximum Gasteiger partial charge on any atom is 0.276 e. The van der Waals surface area contributed by atoms with Crippen LogP contribution in [0.2, 0.25) is 0 Å². The lowest BCUT2D eigenvalue weighted by Gasteiger charge is -2.38. The molecular weight excluding hydrogens is 286 g/mol. The Morgan fingerprint density at radius 2 is 1.95 bits per heavy atom. The monoisotopic (exact) mass is 299 g/mol. The summed E-state index contributed by atoms with van der Waals surface area (Å²) >= 11 is 0. The molecule has 0 radical (unpaired) electrons. The normalized spacial score (nSPS) is 33.2. The summed E-state index contributed by atoms with van der Waals surface area (Å²) in [6.07, 6.45) is -5.21. The van der Waals surface area contributed by atoms with E-state index in [-0.39, 0.29) is 17.1 Å². The second-order valence-corrected chi connectivity index (χ2v) is 4.58. The quantitative estimate of drug-likeness (QED) is 0.301. The minimum atomic E-state index is -1.70. The highest BCUT2D eigenvalue weighted by Crippen LogP contribution is 2.21. The summed E-state index contributed by atoms with van der Waals surface area (Å²) in [5.74, 6) is 0.0458. The molecule has 7 N–H and O–H groups in total. The number of ether oxygens (including phenoxy) is 1. The van der Waals surface area contributed by atoms with Gasteiger partial charge in [-0.25, -0.2) is 4.98 Å². The van der Waals surface area contributed by atoms with Gasteiger partial charge in [-0.15, -0.1) is 0 Å². The van der Waals surface area contributed by atoms with Crippen molar-refractivity contribution in [2.24, 2.45) is 0 Å². The van der Waals surface area contributed by atoms with Crippen LogP contribution in [-0.2, 0) is 4.74 Å². The van der Waals surface area contributed by atoms with Crippen LogP contribution in [0.3, 0.4) is 0 Å². The van der Waals surface area contributed by atoms with Crippen molar-refractivity contribution in [3.8, 4) is 0 Å². The Labute approximate surface area is 116 Å². The molecule has 0 spiro atoms. The van der Waals surface area contributed by atoms with Crippen LogP contribution in [0.15, 0.2) is 11.1 Å².